The molecule has 0 N–H and O–H groups in total. The van der Waals surface area contributed by atoms with Crippen molar-refractivity contribution in [3.05, 3.63) is 26.4 Å². The Balaban J connectivity index is 3.25. The molecule has 0 saturated carbocycles. The summed E-state index contributed by atoms with van der Waals surface area (Å²) in [4.78, 5) is 3.87. The van der Waals surface area contributed by atoms with Crippen molar-refractivity contribution >= 4 is 43.5 Å². The molecule has 1 aromatic rings. The minimum atomic E-state index is 0.657. The van der Waals surface area contributed by atoms with Gasteiger partial charge in [0.05, 0.1) is 14.0 Å². The molecule has 0 bridgehead atoms. The van der Waals surface area contributed by atoms with Crippen molar-refractivity contribution in [1.82, 2.24) is 4.98 Å². The summed E-state index contributed by atoms with van der Waals surface area (Å²) in [5.74, 6) is 0. The second-order valence-electron chi connectivity index (χ2n) is 1.42. The van der Waals surface area contributed by atoms with E-state index in [2.05, 4.69) is 36.8 Å². The van der Waals surface area contributed by atoms with E-state index < -0.39 is 0 Å². The third-order valence-electron chi connectivity index (χ3n) is 0.795. The van der Waals surface area contributed by atoms with Crippen molar-refractivity contribution in [2.75, 3.05) is 0 Å². The zero-order chi connectivity index (χ0) is 6.85. The van der Waals surface area contributed by atoms with Crippen LogP contribution < -0.4 is 0 Å². The molecular weight excluding hydrogens is 269 g/mol. The predicted octanol–water partition coefficient (Wildman–Crippen LogP) is 3.26. The van der Waals surface area contributed by atoms with Gasteiger partial charge in [0.1, 0.15) is 0 Å². The summed E-state index contributed by atoms with van der Waals surface area (Å²) in [5.41, 5.74) is 0. The van der Waals surface area contributed by atoms with Gasteiger partial charge in [-0.15, -0.1) is 0 Å². The lowest BCUT2D eigenvalue weighted by molar-refractivity contribution is 1.29. The third-order valence-corrected chi connectivity index (χ3v) is 2.86. The summed E-state index contributed by atoms with van der Waals surface area (Å²) in [6, 6.07) is 0. The van der Waals surface area contributed by atoms with Gasteiger partial charge in [0.25, 0.3) is 0 Å². The quantitative estimate of drug-likeness (QED) is 0.706. The maximum atomic E-state index is 5.74. The molecule has 0 amide bonds. The molecular formula is C5H2Br2ClN. The average Bonchev–Trinajstić information content (AvgIpc) is 1.83. The molecule has 9 heavy (non-hydrogen) atoms. The molecule has 0 saturated heterocycles. The van der Waals surface area contributed by atoms with Crippen LogP contribution in [0.5, 0.6) is 0 Å². The number of halogens is 3. The van der Waals surface area contributed by atoms with E-state index in [1.165, 1.54) is 0 Å². The Morgan fingerprint density at radius 1 is 1.22 bits per heavy atom. The first-order chi connectivity index (χ1) is 4.22. The zero-order valence-electron chi connectivity index (χ0n) is 4.24. The van der Waals surface area contributed by atoms with Gasteiger partial charge in [-0.3, -0.25) is 4.98 Å². The van der Waals surface area contributed by atoms with Crippen LogP contribution in [0, 0.1) is 0 Å². The highest BCUT2D eigenvalue weighted by Crippen LogP contribution is 2.28. The molecule has 48 valence electrons. The van der Waals surface area contributed by atoms with Crippen LogP contribution >= 0.6 is 43.5 Å². The monoisotopic (exact) mass is 269 g/mol. The smallest absolute Gasteiger partial charge is 0.0721 e. The average molecular weight is 271 g/mol. The fourth-order valence-electron chi connectivity index (χ4n) is 0.396. The van der Waals surface area contributed by atoms with Gasteiger partial charge in [0.2, 0.25) is 0 Å². The van der Waals surface area contributed by atoms with E-state index in [0.717, 1.165) is 8.95 Å². The molecule has 0 fully saturated rings. The van der Waals surface area contributed by atoms with E-state index in [1.807, 2.05) is 0 Å². The molecule has 0 aliphatic heterocycles. The van der Waals surface area contributed by atoms with Crippen LogP contribution in [0.4, 0.5) is 0 Å². The molecule has 1 aromatic heterocycles. The Morgan fingerprint density at radius 2 is 1.67 bits per heavy atom. The standard InChI is InChI=1S/C5H2Br2ClN/c6-3-1-9-2-4(7)5(3)8/h1-2H. The van der Waals surface area contributed by atoms with Crippen LogP contribution in [0.1, 0.15) is 0 Å². The summed E-state index contributed by atoms with van der Waals surface area (Å²) in [5, 5.41) is 0.657. The van der Waals surface area contributed by atoms with Crippen molar-refractivity contribution in [3.63, 3.8) is 0 Å². The first kappa shape index (κ1) is 7.51. The van der Waals surface area contributed by atoms with Gasteiger partial charge in [-0.05, 0) is 31.9 Å². The highest BCUT2D eigenvalue weighted by molar-refractivity contribution is 9.11. The normalized spacial score (nSPS) is 9.67. The van der Waals surface area contributed by atoms with Gasteiger partial charge >= 0.3 is 0 Å². The van der Waals surface area contributed by atoms with E-state index in [1.54, 1.807) is 12.4 Å². The maximum Gasteiger partial charge on any atom is 0.0721 e. The molecule has 1 nitrogen and oxygen atoms in total. The maximum absolute atomic E-state index is 5.74. The Kier molecular flexibility index (Phi) is 2.50. The number of hydrogen-bond acceptors (Lipinski definition) is 1. The van der Waals surface area contributed by atoms with Gasteiger partial charge in [-0.25, -0.2) is 0 Å². The second-order valence-corrected chi connectivity index (χ2v) is 3.50. The lowest BCUT2D eigenvalue weighted by atomic mass is 10.5. The van der Waals surface area contributed by atoms with E-state index >= 15 is 0 Å². The van der Waals surface area contributed by atoms with Crippen molar-refractivity contribution < 1.29 is 0 Å². The highest BCUT2D eigenvalue weighted by Gasteiger charge is 1.99. The van der Waals surface area contributed by atoms with E-state index in [0.29, 0.717) is 5.02 Å². The van der Waals surface area contributed by atoms with Gasteiger partial charge in [-0.2, -0.15) is 0 Å². The largest absolute Gasteiger partial charge is 0.262 e. The molecule has 4 heteroatoms. The molecule has 0 spiro atoms. The van der Waals surface area contributed by atoms with Gasteiger partial charge < -0.3 is 0 Å². The Bertz CT molecular complexity index is 206. The molecule has 0 aliphatic carbocycles. The molecule has 0 radical (unpaired) electrons. The minimum absolute atomic E-state index is 0.657. The lowest BCUT2D eigenvalue weighted by Crippen LogP contribution is -1.74. The van der Waals surface area contributed by atoms with Gasteiger partial charge in [0.15, 0.2) is 0 Å². The lowest BCUT2D eigenvalue weighted by Gasteiger charge is -1.94. The van der Waals surface area contributed by atoms with Crippen molar-refractivity contribution in [2.45, 2.75) is 0 Å². The summed E-state index contributed by atoms with van der Waals surface area (Å²) in [7, 11) is 0. The van der Waals surface area contributed by atoms with Gasteiger partial charge in [-0.1, -0.05) is 11.6 Å². The van der Waals surface area contributed by atoms with Crippen LogP contribution in [-0.4, -0.2) is 4.98 Å². The predicted molar refractivity (Wildman–Crippen MR) is 44.6 cm³/mol. The number of nitrogens with zero attached hydrogens (tertiary/aromatic N) is 1. The van der Waals surface area contributed by atoms with Crippen LogP contribution in [-0.2, 0) is 0 Å². The molecule has 1 heterocycles. The van der Waals surface area contributed by atoms with Crippen molar-refractivity contribution in [2.24, 2.45) is 0 Å². The van der Waals surface area contributed by atoms with E-state index in [4.69, 9.17) is 11.6 Å². The molecule has 0 atom stereocenters. The topological polar surface area (TPSA) is 12.9 Å². The van der Waals surface area contributed by atoms with Gasteiger partial charge in [0, 0.05) is 12.4 Å². The fraction of sp³-hybridized carbons (Fsp3) is 0. The number of aromatic nitrogens is 1. The molecule has 1 rings (SSSR count). The minimum Gasteiger partial charge on any atom is -0.262 e. The first-order valence-corrected chi connectivity index (χ1v) is 4.12. The number of hydrogen-bond donors (Lipinski definition) is 0. The Morgan fingerprint density at radius 3 is 2.00 bits per heavy atom. The number of rotatable bonds is 0. The second kappa shape index (κ2) is 2.99. The summed E-state index contributed by atoms with van der Waals surface area (Å²) >= 11 is 12.2. The van der Waals surface area contributed by atoms with Crippen LogP contribution in [0.15, 0.2) is 21.3 Å². The molecule has 0 aromatic carbocycles. The van der Waals surface area contributed by atoms with Crippen molar-refractivity contribution in [3.8, 4) is 0 Å². The fourth-order valence-corrected chi connectivity index (χ4v) is 1.42. The van der Waals surface area contributed by atoms with Crippen LogP contribution in [0.3, 0.4) is 0 Å². The highest BCUT2D eigenvalue weighted by atomic mass is 79.9. The molecule has 0 aliphatic rings. The molecule has 0 unspecified atom stereocenters. The zero-order valence-corrected chi connectivity index (χ0v) is 8.16. The van der Waals surface area contributed by atoms with Crippen molar-refractivity contribution in [1.29, 1.82) is 0 Å². The van der Waals surface area contributed by atoms with E-state index in [9.17, 15) is 0 Å². The summed E-state index contributed by atoms with van der Waals surface area (Å²) in [6.07, 6.45) is 3.29. The summed E-state index contributed by atoms with van der Waals surface area (Å²) < 4.78 is 1.61. The van der Waals surface area contributed by atoms with Crippen LogP contribution in [0.2, 0.25) is 5.02 Å². The third kappa shape index (κ3) is 1.66. The van der Waals surface area contributed by atoms with Crippen LogP contribution in [0.25, 0.3) is 0 Å². The SMILES string of the molecule is Clc1c(Br)cncc1Br. The summed E-state index contributed by atoms with van der Waals surface area (Å²) in [6.45, 7) is 0. The number of pyridine rings is 1. The van der Waals surface area contributed by atoms with E-state index in [-0.39, 0.29) is 0 Å². The Hall–Kier alpha value is 0.400. The first-order valence-electron chi connectivity index (χ1n) is 2.16. The Labute approximate surface area is 74.7 Å².